The summed E-state index contributed by atoms with van der Waals surface area (Å²) in [5, 5.41) is 10.5. The van der Waals surface area contributed by atoms with Crippen LogP contribution in [-0.4, -0.2) is 11.2 Å². The summed E-state index contributed by atoms with van der Waals surface area (Å²) >= 11 is 0. The molecule has 118 valence electrons. The van der Waals surface area contributed by atoms with E-state index in [0.29, 0.717) is 11.8 Å². The van der Waals surface area contributed by atoms with E-state index in [1.54, 1.807) is 5.57 Å². The molecule has 1 heteroatoms. The fourth-order valence-corrected chi connectivity index (χ4v) is 4.13. The molecule has 3 atom stereocenters. The molecule has 0 spiro atoms. The average molecular weight is 288 g/mol. The Kier molecular flexibility index (Phi) is 5.14. The first-order valence-electron chi connectivity index (χ1n) is 8.55. The minimum Gasteiger partial charge on any atom is -0.389 e. The van der Waals surface area contributed by atoms with Gasteiger partial charge in [-0.3, -0.25) is 0 Å². The van der Waals surface area contributed by atoms with E-state index in [2.05, 4.69) is 46.4 Å². The summed E-state index contributed by atoms with van der Waals surface area (Å²) in [5.74, 6) is 1.37. The van der Waals surface area contributed by atoms with Crippen molar-refractivity contribution in [2.45, 2.75) is 72.3 Å². The van der Waals surface area contributed by atoms with Gasteiger partial charge >= 0.3 is 0 Å². The molecular weight excluding hydrogens is 256 g/mol. The van der Waals surface area contributed by atoms with Gasteiger partial charge in [-0.1, -0.05) is 50.6 Å². The Labute approximate surface area is 130 Å². The molecule has 0 radical (unpaired) electrons. The predicted octanol–water partition coefficient (Wildman–Crippen LogP) is 5.42. The second kappa shape index (κ2) is 6.52. The lowest BCUT2D eigenvalue weighted by Gasteiger charge is -2.32. The summed E-state index contributed by atoms with van der Waals surface area (Å²) in [7, 11) is 0. The second-order valence-corrected chi connectivity index (χ2v) is 7.78. The number of fused-ring (bicyclic) bond motifs is 1. The van der Waals surface area contributed by atoms with Crippen molar-refractivity contribution in [2.24, 2.45) is 17.3 Å². The lowest BCUT2D eigenvalue weighted by atomic mass is 9.74. The molecule has 0 heterocycles. The highest BCUT2D eigenvalue weighted by Gasteiger charge is 2.42. The van der Waals surface area contributed by atoms with Crippen molar-refractivity contribution < 1.29 is 5.11 Å². The topological polar surface area (TPSA) is 20.2 Å². The maximum Gasteiger partial charge on any atom is 0.0755 e. The van der Waals surface area contributed by atoms with E-state index < -0.39 is 0 Å². The molecule has 0 aliphatic heterocycles. The normalized spacial score (nSPS) is 35.0. The quantitative estimate of drug-likeness (QED) is 0.638. The molecule has 1 nitrogen and oxygen atoms in total. The Hall–Kier alpha value is -0.820. The molecule has 2 aliphatic rings. The van der Waals surface area contributed by atoms with Crippen LogP contribution in [0.5, 0.6) is 0 Å². The SMILES string of the molecule is C=C1CCC=C(C)CC=C2[C@H](C(C)C)CC[C@@]2(C)C[C@@H]1O. The van der Waals surface area contributed by atoms with Gasteiger partial charge in [0.2, 0.25) is 0 Å². The van der Waals surface area contributed by atoms with Crippen LogP contribution in [0.3, 0.4) is 0 Å². The molecule has 1 saturated carbocycles. The van der Waals surface area contributed by atoms with Crippen molar-refractivity contribution in [1.29, 1.82) is 0 Å². The van der Waals surface area contributed by atoms with Crippen molar-refractivity contribution in [3.05, 3.63) is 35.5 Å². The van der Waals surface area contributed by atoms with Crippen LogP contribution in [0.4, 0.5) is 0 Å². The zero-order valence-corrected chi connectivity index (χ0v) is 14.3. The van der Waals surface area contributed by atoms with Gasteiger partial charge in [0.05, 0.1) is 6.10 Å². The summed E-state index contributed by atoms with van der Waals surface area (Å²) in [6.45, 7) is 13.4. The molecular formula is C20H32O. The van der Waals surface area contributed by atoms with Gasteiger partial charge < -0.3 is 5.11 Å². The molecule has 2 rings (SSSR count). The lowest BCUT2D eigenvalue weighted by molar-refractivity contribution is 0.149. The van der Waals surface area contributed by atoms with Crippen molar-refractivity contribution >= 4 is 0 Å². The minimum absolute atomic E-state index is 0.155. The monoisotopic (exact) mass is 288 g/mol. The van der Waals surface area contributed by atoms with Gasteiger partial charge in [0.25, 0.3) is 0 Å². The van der Waals surface area contributed by atoms with Gasteiger partial charge in [-0.15, -0.1) is 0 Å². The Balaban J connectivity index is 2.35. The molecule has 2 aliphatic carbocycles. The number of rotatable bonds is 1. The van der Waals surface area contributed by atoms with Crippen molar-refractivity contribution in [3.8, 4) is 0 Å². The first-order valence-corrected chi connectivity index (χ1v) is 8.55. The highest BCUT2D eigenvalue weighted by atomic mass is 16.3. The molecule has 0 bridgehead atoms. The first kappa shape index (κ1) is 16.5. The van der Waals surface area contributed by atoms with Crippen molar-refractivity contribution in [3.63, 3.8) is 0 Å². The molecule has 0 aromatic rings. The third-order valence-corrected chi connectivity index (χ3v) is 5.63. The maximum absolute atomic E-state index is 10.5. The van der Waals surface area contributed by atoms with Crippen LogP contribution in [0.25, 0.3) is 0 Å². The summed E-state index contributed by atoms with van der Waals surface area (Å²) in [5.41, 5.74) is 4.21. The standard InChI is InChI=1S/C20H32O/c1-14(2)17-11-12-20(5)13-19(21)16(4)8-6-7-15(3)9-10-18(17)20/h7,10,14,17,19,21H,4,6,8-9,11-13H2,1-3,5H3/t17-,19-,20-/m0/s1. The summed E-state index contributed by atoms with van der Waals surface area (Å²) in [6.07, 6.45) is 10.7. The molecule has 1 N–H and O–H groups in total. The largest absolute Gasteiger partial charge is 0.389 e. The highest BCUT2D eigenvalue weighted by Crippen LogP contribution is 2.52. The van der Waals surface area contributed by atoms with E-state index in [9.17, 15) is 5.11 Å². The third kappa shape index (κ3) is 3.69. The fraction of sp³-hybridized carbons (Fsp3) is 0.700. The Morgan fingerprint density at radius 2 is 2.05 bits per heavy atom. The number of hydrogen-bond donors (Lipinski definition) is 1. The number of allylic oxidation sites excluding steroid dienone is 4. The van der Waals surface area contributed by atoms with Crippen LogP contribution >= 0.6 is 0 Å². The van der Waals surface area contributed by atoms with E-state index in [1.165, 1.54) is 18.4 Å². The van der Waals surface area contributed by atoms with Crippen LogP contribution in [0, 0.1) is 17.3 Å². The molecule has 21 heavy (non-hydrogen) atoms. The van der Waals surface area contributed by atoms with Gasteiger partial charge in [0.15, 0.2) is 0 Å². The zero-order valence-electron chi connectivity index (χ0n) is 14.3. The van der Waals surface area contributed by atoms with Crippen LogP contribution in [-0.2, 0) is 0 Å². The van der Waals surface area contributed by atoms with Gasteiger partial charge in [0, 0.05) is 0 Å². The highest BCUT2D eigenvalue weighted by molar-refractivity contribution is 5.26. The van der Waals surface area contributed by atoms with Crippen LogP contribution in [0.1, 0.15) is 66.2 Å². The van der Waals surface area contributed by atoms with Crippen LogP contribution < -0.4 is 0 Å². The maximum atomic E-state index is 10.5. The summed E-state index contributed by atoms with van der Waals surface area (Å²) < 4.78 is 0. The molecule has 0 saturated heterocycles. The van der Waals surface area contributed by atoms with Crippen LogP contribution in [0.15, 0.2) is 35.5 Å². The van der Waals surface area contributed by atoms with Gasteiger partial charge in [-0.2, -0.15) is 0 Å². The first-order chi connectivity index (χ1) is 9.83. The number of aliphatic hydroxyl groups excluding tert-OH is 1. The summed E-state index contributed by atoms with van der Waals surface area (Å²) in [4.78, 5) is 0. The zero-order chi connectivity index (χ0) is 15.6. The Morgan fingerprint density at radius 1 is 1.33 bits per heavy atom. The molecule has 0 aromatic carbocycles. The average Bonchev–Trinajstić information content (AvgIpc) is 2.71. The third-order valence-electron chi connectivity index (χ3n) is 5.63. The summed E-state index contributed by atoms with van der Waals surface area (Å²) in [6, 6.07) is 0. The molecule has 1 fully saturated rings. The van der Waals surface area contributed by atoms with Crippen molar-refractivity contribution in [2.75, 3.05) is 0 Å². The number of aliphatic hydroxyl groups is 1. The number of hydrogen-bond acceptors (Lipinski definition) is 1. The van der Waals surface area contributed by atoms with Crippen LogP contribution in [0.2, 0.25) is 0 Å². The predicted molar refractivity (Wildman–Crippen MR) is 91.1 cm³/mol. The van der Waals surface area contributed by atoms with E-state index in [0.717, 1.165) is 31.3 Å². The fourth-order valence-electron chi connectivity index (χ4n) is 4.13. The Bertz CT molecular complexity index is 454. The van der Waals surface area contributed by atoms with Crippen molar-refractivity contribution in [1.82, 2.24) is 0 Å². The Morgan fingerprint density at radius 3 is 2.71 bits per heavy atom. The van der Waals surface area contributed by atoms with E-state index in [4.69, 9.17) is 0 Å². The lowest BCUT2D eigenvalue weighted by Crippen LogP contribution is -2.25. The van der Waals surface area contributed by atoms with Gasteiger partial charge in [-0.25, -0.2) is 0 Å². The minimum atomic E-state index is -0.351. The van der Waals surface area contributed by atoms with Gasteiger partial charge in [0.1, 0.15) is 0 Å². The van der Waals surface area contributed by atoms with E-state index in [-0.39, 0.29) is 11.5 Å². The van der Waals surface area contributed by atoms with Gasteiger partial charge in [-0.05, 0) is 68.3 Å². The molecule has 0 aromatic heterocycles. The molecule has 0 amide bonds. The van der Waals surface area contributed by atoms with E-state index >= 15 is 0 Å². The second-order valence-electron chi connectivity index (χ2n) is 7.78. The smallest absolute Gasteiger partial charge is 0.0755 e. The van der Waals surface area contributed by atoms with E-state index in [1.807, 2.05) is 0 Å². The molecule has 0 unspecified atom stereocenters.